The predicted molar refractivity (Wildman–Crippen MR) is 119 cm³/mol. The summed E-state index contributed by atoms with van der Waals surface area (Å²) in [6.45, 7) is 3.48. The lowest BCUT2D eigenvalue weighted by molar-refractivity contribution is -0.135. The molecular weight excluding hydrogens is 412 g/mol. The molecule has 8 heteroatoms. The molecule has 1 fully saturated rings. The number of aromatic nitrogens is 2. The summed E-state index contributed by atoms with van der Waals surface area (Å²) >= 11 is 1.59. The van der Waals surface area contributed by atoms with Crippen LogP contribution in [0.5, 0.6) is 5.75 Å². The van der Waals surface area contributed by atoms with Crippen LogP contribution >= 0.6 is 11.3 Å². The van der Waals surface area contributed by atoms with Crippen LogP contribution in [-0.2, 0) is 11.3 Å². The van der Waals surface area contributed by atoms with Gasteiger partial charge in [-0.25, -0.2) is 0 Å². The van der Waals surface area contributed by atoms with Crippen LogP contribution in [0.4, 0.5) is 0 Å². The van der Waals surface area contributed by atoms with Gasteiger partial charge in [0.05, 0.1) is 11.4 Å². The molecule has 0 aliphatic carbocycles. The van der Waals surface area contributed by atoms with Crippen molar-refractivity contribution in [2.45, 2.75) is 6.54 Å². The molecule has 1 amide bonds. The number of rotatable bonds is 6. The van der Waals surface area contributed by atoms with E-state index in [2.05, 4.69) is 21.1 Å². The summed E-state index contributed by atoms with van der Waals surface area (Å²) in [6, 6.07) is 17.9. The fourth-order valence-electron chi connectivity index (χ4n) is 3.67. The van der Waals surface area contributed by atoms with Gasteiger partial charge in [0.1, 0.15) is 5.75 Å². The van der Waals surface area contributed by atoms with Crippen molar-refractivity contribution in [2.75, 3.05) is 32.8 Å². The van der Waals surface area contributed by atoms with Gasteiger partial charge in [0.2, 0.25) is 11.7 Å². The van der Waals surface area contributed by atoms with Gasteiger partial charge in [-0.3, -0.25) is 9.69 Å². The molecule has 2 aromatic carbocycles. The quantitative estimate of drug-likeness (QED) is 0.461. The van der Waals surface area contributed by atoms with Crippen molar-refractivity contribution in [3.8, 4) is 16.5 Å². The van der Waals surface area contributed by atoms with Crippen LogP contribution in [0.1, 0.15) is 5.89 Å². The molecule has 0 bridgehead atoms. The van der Waals surface area contributed by atoms with E-state index in [1.54, 1.807) is 11.3 Å². The normalized spacial score (nSPS) is 14.8. The van der Waals surface area contributed by atoms with E-state index in [1.807, 2.05) is 58.8 Å². The summed E-state index contributed by atoms with van der Waals surface area (Å²) < 4.78 is 11.1. The van der Waals surface area contributed by atoms with Gasteiger partial charge in [-0.05, 0) is 34.4 Å². The van der Waals surface area contributed by atoms with E-state index >= 15 is 0 Å². The first kappa shape index (κ1) is 19.7. The van der Waals surface area contributed by atoms with Gasteiger partial charge in [-0.15, -0.1) is 11.3 Å². The maximum atomic E-state index is 12.6. The molecule has 2 aromatic heterocycles. The first-order valence-corrected chi connectivity index (χ1v) is 11.1. The van der Waals surface area contributed by atoms with Crippen molar-refractivity contribution in [1.29, 1.82) is 0 Å². The van der Waals surface area contributed by atoms with Crippen LogP contribution in [0.25, 0.3) is 21.5 Å². The largest absolute Gasteiger partial charge is 0.484 e. The van der Waals surface area contributed by atoms with Crippen molar-refractivity contribution < 1.29 is 14.1 Å². The third-order valence-electron chi connectivity index (χ3n) is 5.38. The molecule has 0 unspecified atom stereocenters. The number of nitrogens with zero attached hydrogens (tertiary/aromatic N) is 4. The van der Waals surface area contributed by atoms with Crippen molar-refractivity contribution >= 4 is 28.0 Å². The SMILES string of the molecule is O=C(COc1ccc2ccccc2c1)N1CCN(Cc2nc(-c3cccs3)no2)CC1. The molecule has 5 rings (SSSR count). The summed E-state index contributed by atoms with van der Waals surface area (Å²) in [5, 5.41) is 8.30. The van der Waals surface area contributed by atoms with E-state index in [4.69, 9.17) is 9.26 Å². The molecule has 1 saturated heterocycles. The Morgan fingerprint density at radius 1 is 1.03 bits per heavy atom. The second kappa shape index (κ2) is 8.87. The summed E-state index contributed by atoms with van der Waals surface area (Å²) in [7, 11) is 0. The third kappa shape index (κ3) is 4.60. The number of hydrogen-bond acceptors (Lipinski definition) is 7. The molecule has 0 saturated carbocycles. The number of piperazine rings is 1. The van der Waals surface area contributed by atoms with Crippen LogP contribution in [0.3, 0.4) is 0 Å². The fraction of sp³-hybridized carbons (Fsp3) is 0.261. The van der Waals surface area contributed by atoms with Gasteiger partial charge in [-0.1, -0.05) is 41.6 Å². The number of fused-ring (bicyclic) bond motifs is 1. The lowest BCUT2D eigenvalue weighted by Gasteiger charge is -2.33. The van der Waals surface area contributed by atoms with Crippen LogP contribution in [0.2, 0.25) is 0 Å². The zero-order valence-corrected chi connectivity index (χ0v) is 17.8. The first-order chi connectivity index (χ1) is 15.2. The van der Waals surface area contributed by atoms with Gasteiger partial charge in [0.15, 0.2) is 6.61 Å². The van der Waals surface area contributed by atoms with Gasteiger partial charge in [-0.2, -0.15) is 4.98 Å². The minimum absolute atomic E-state index is 0.00517. The Morgan fingerprint density at radius 2 is 1.87 bits per heavy atom. The minimum atomic E-state index is 0.00517. The van der Waals surface area contributed by atoms with Gasteiger partial charge < -0.3 is 14.2 Å². The van der Waals surface area contributed by atoms with Crippen LogP contribution in [-0.4, -0.2) is 58.6 Å². The zero-order valence-electron chi connectivity index (χ0n) is 16.9. The molecule has 7 nitrogen and oxygen atoms in total. The minimum Gasteiger partial charge on any atom is -0.484 e. The third-order valence-corrected chi connectivity index (χ3v) is 6.24. The lowest BCUT2D eigenvalue weighted by atomic mass is 10.1. The van der Waals surface area contributed by atoms with Crippen molar-refractivity contribution in [3.05, 3.63) is 65.9 Å². The van der Waals surface area contributed by atoms with E-state index < -0.39 is 0 Å². The Morgan fingerprint density at radius 3 is 2.68 bits per heavy atom. The fourth-order valence-corrected chi connectivity index (χ4v) is 4.31. The number of carbonyl (C=O) groups is 1. The molecule has 31 heavy (non-hydrogen) atoms. The summed E-state index contributed by atoms with van der Waals surface area (Å²) in [5.41, 5.74) is 0. The maximum Gasteiger partial charge on any atom is 0.260 e. The molecule has 1 aliphatic heterocycles. The average Bonchev–Trinajstić information content (AvgIpc) is 3.50. The van der Waals surface area contributed by atoms with Crippen molar-refractivity contribution in [1.82, 2.24) is 19.9 Å². The Labute approximate surface area is 183 Å². The van der Waals surface area contributed by atoms with Gasteiger partial charge in [0.25, 0.3) is 5.91 Å². The Kier molecular flexibility index (Phi) is 5.64. The Balaban J connectivity index is 1.10. The first-order valence-electron chi connectivity index (χ1n) is 10.2. The second-order valence-corrected chi connectivity index (χ2v) is 8.39. The molecule has 0 spiro atoms. The van der Waals surface area contributed by atoms with E-state index in [0.717, 1.165) is 28.7 Å². The predicted octanol–water partition coefficient (Wildman–Crippen LogP) is 3.67. The molecule has 0 N–H and O–H groups in total. The molecule has 3 heterocycles. The van der Waals surface area contributed by atoms with E-state index in [0.29, 0.717) is 37.1 Å². The number of hydrogen-bond donors (Lipinski definition) is 0. The zero-order chi connectivity index (χ0) is 21.0. The highest BCUT2D eigenvalue weighted by Crippen LogP contribution is 2.22. The number of amides is 1. The highest BCUT2D eigenvalue weighted by atomic mass is 32.1. The van der Waals surface area contributed by atoms with Gasteiger partial charge >= 0.3 is 0 Å². The highest BCUT2D eigenvalue weighted by molar-refractivity contribution is 7.13. The van der Waals surface area contributed by atoms with Crippen LogP contribution in [0.15, 0.2) is 64.5 Å². The summed E-state index contributed by atoms with van der Waals surface area (Å²) in [4.78, 5) is 22.1. The highest BCUT2D eigenvalue weighted by Gasteiger charge is 2.23. The second-order valence-electron chi connectivity index (χ2n) is 7.44. The average molecular weight is 435 g/mol. The summed E-state index contributed by atoms with van der Waals surface area (Å²) in [6.07, 6.45) is 0. The maximum absolute atomic E-state index is 12.6. The van der Waals surface area contributed by atoms with Crippen molar-refractivity contribution in [3.63, 3.8) is 0 Å². The number of thiophene rings is 1. The number of benzene rings is 2. The Hall–Kier alpha value is -3.23. The Bertz CT molecular complexity index is 1170. The van der Waals surface area contributed by atoms with Crippen LogP contribution < -0.4 is 4.74 Å². The van der Waals surface area contributed by atoms with Gasteiger partial charge in [0, 0.05) is 26.2 Å². The van der Waals surface area contributed by atoms with E-state index in [-0.39, 0.29) is 12.5 Å². The lowest BCUT2D eigenvalue weighted by Crippen LogP contribution is -2.49. The van der Waals surface area contributed by atoms with E-state index in [9.17, 15) is 4.79 Å². The molecule has 0 radical (unpaired) electrons. The van der Waals surface area contributed by atoms with Crippen LogP contribution in [0, 0.1) is 0 Å². The monoisotopic (exact) mass is 434 g/mol. The molecular formula is C23H22N4O3S. The smallest absolute Gasteiger partial charge is 0.260 e. The van der Waals surface area contributed by atoms with Crippen molar-refractivity contribution in [2.24, 2.45) is 0 Å². The molecule has 0 atom stereocenters. The van der Waals surface area contributed by atoms with E-state index in [1.165, 1.54) is 0 Å². The number of ether oxygens (including phenoxy) is 1. The molecule has 4 aromatic rings. The standard InChI is InChI=1S/C23H22N4O3S/c28-22(16-29-19-8-7-17-4-1-2-5-18(17)14-19)27-11-9-26(10-12-27)15-21-24-23(25-30-21)20-6-3-13-31-20/h1-8,13-14H,9-12,15-16H2. The molecule has 1 aliphatic rings. The summed E-state index contributed by atoms with van der Waals surface area (Å²) in [5.74, 6) is 1.95. The number of carbonyl (C=O) groups excluding carboxylic acids is 1. The molecule has 158 valence electrons. The topological polar surface area (TPSA) is 71.7 Å².